The number of benzene rings is 1. The maximum absolute atomic E-state index is 12.0. The third-order valence-corrected chi connectivity index (χ3v) is 3.13. The van der Waals surface area contributed by atoms with E-state index in [-0.39, 0.29) is 0 Å². The fourth-order valence-electron chi connectivity index (χ4n) is 2.22. The second kappa shape index (κ2) is 9.66. The van der Waals surface area contributed by atoms with Crippen molar-refractivity contribution in [3.8, 4) is 0 Å². The van der Waals surface area contributed by atoms with Gasteiger partial charge in [0.2, 0.25) is 0 Å². The number of esters is 2. The number of hydrogen-bond acceptors (Lipinski definition) is 8. The fraction of sp³-hybridized carbons (Fsp3) is 0.250. The van der Waals surface area contributed by atoms with Crippen LogP contribution in [0.25, 0.3) is 0 Å². The first kappa shape index (κ1) is 24.0. The minimum absolute atomic E-state index is 0.751. The van der Waals surface area contributed by atoms with Crippen LogP contribution in [0.4, 0.5) is 0 Å². The first-order valence-electron chi connectivity index (χ1n) is 7.34. The Hall–Kier alpha value is -3.96. The average Bonchev–Trinajstić information content (AvgIpc) is 2.65. The second-order valence-corrected chi connectivity index (χ2v) is 4.45. The van der Waals surface area contributed by atoms with Gasteiger partial charge in [0.1, 0.15) is 0 Å². The molecule has 1 aromatic carbocycles. The molecule has 0 aliphatic heterocycles. The van der Waals surface area contributed by atoms with E-state index < -0.39 is 69.2 Å². The molecule has 0 aromatic heterocycles. The summed E-state index contributed by atoms with van der Waals surface area (Å²) in [5.74, 6) is -11.7. The lowest BCUT2D eigenvalue weighted by Gasteiger charge is -2.17. The Bertz CT molecular complexity index is 794. The van der Waals surface area contributed by atoms with E-state index in [1.807, 2.05) is 13.8 Å². The Kier molecular flexibility index (Phi) is 8.29. The summed E-state index contributed by atoms with van der Waals surface area (Å²) in [4.78, 5) is 69.9. The highest BCUT2D eigenvalue weighted by Gasteiger charge is 2.41. The first-order chi connectivity index (χ1) is 13.0. The van der Waals surface area contributed by atoms with Crippen LogP contribution in [0.3, 0.4) is 0 Å². The van der Waals surface area contributed by atoms with Gasteiger partial charge in [0.05, 0.1) is 47.6 Å². The number of carbonyl (C=O) groups excluding carboxylic acids is 2. The van der Waals surface area contributed by atoms with Gasteiger partial charge in [0, 0.05) is 0 Å². The molecule has 0 aliphatic carbocycles. The van der Waals surface area contributed by atoms with Gasteiger partial charge in [-0.1, -0.05) is 13.8 Å². The second-order valence-electron chi connectivity index (χ2n) is 4.45. The van der Waals surface area contributed by atoms with E-state index in [2.05, 4.69) is 9.47 Å². The van der Waals surface area contributed by atoms with Crippen LogP contribution in [-0.4, -0.2) is 70.5 Å². The van der Waals surface area contributed by atoms with Gasteiger partial charge in [0.15, 0.2) is 0 Å². The van der Waals surface area contributed by atoms with E-state index in [0.717, 1.165) is 14.2 Å². The van der Waals surface area contributed by atoms with Crippen molar-refractivity contribution in [3.63, 3.8) is 0 Å². The van der Waals surface area contributed by atoms with Gasteiger partial charge < -0.3 is 29.9 Å². The number of carbonyl (C=O) groups is 6. The number of aromatic carboxylic acids is 4. The van der Waals surface area contributed by atoms with Gasteiger partial charge in [-0.05, 0) is 0 Å². The average molecular weight is 400 g/mol. The van der Waals surface area contributed by atoms with E-state index in [1.165, 1.54) is 0 Å². The van der Waals surface area contributed by atoms with Crippen molar-refractivity contribution in [1.29, 1.82) is 0 Å². The maximum atomic E-state index is 12.0. The molecule has 0 saturated heterocycles. The molecule has 0 bridgehead atoms. The van der Waals surface area contributed by atoms with Gasteiger partial charge in [-0.15, -0.1) is 0 Å². The van der Waals surface area contributed by atoms with E-state index >= 15 is 0 Å². The van der Waals surface area contributed by atoms with Gasteiger partial charge in [0.25, 0.3) is 0 Å². The topological polar surface area (TPSA) is 202 Å². The molecule has 0 spiro atoms. The van der Waals surface area contributed by atoms with Crippen LogP contribution in [-0.2, 0) is 9.47 Å². The number of rotatable bonds is 6. The summed E-state index contributed by atoms with van der Waals surface area (Å²) in [6.07, 6.45) is 0. The summed E-state index contributed by atoms with van der Waals surface area (Å²) in [6.45, 7) is 4.00. The maximum Gasteiger partial charge on any atom is 0.339 e. The highest BCUT2D eigenvalue weighted by Crippen LogP contribution is 2.31. The normalized spacial score (nSPS) is 9.43. The Morgan fingerprint density at radius 2 is 0.679 bits per heavy atom. The van der Waals surface area contributed by atoms with E-state index in [1.54, 1.807) is 0 Å². The summed E-state index contributed by atoms with van der Waals surface area (Å²) in [7, 11) is 1.50. The van der Waals surface area contributed by atoms with E-state index in [0.29, 0.717) is 0 Å². The van der Waals surface area contributed by atoms with E-state index in [4.69, 9.17) is 0 Å². The van der Waals surface area contributed by atoms with Gasteiger partial charge in [-0.2, -0.15) is 0 Å². The lowest BCUT2D eigenvalue weighted by molar-refractivity contribution is 0.0533. The monoisotopic (exact) mass is 400 g/mol. The molecule has 1 rings (SSSR count). The van der Waals surface area contributed by atoms with Crippen molar-refractivity contribution < 1.29 is 58.7 Å². The molecule has 0 atom stereocenters. The summed E-state index contributed by atoms with van der Waals surface area (Å²) in [5, 5.41) is 37.0. The minimum Gasteiger partial charge on any atom is -0.478 e. The number of carboxylic acids is 4. The minimum atomic E-state index is -2.15. The van der Waals surface area contributed by atoms with Gasteiger partial charge in [-0.25, -0.2) is 28.8 Å². The molecule has 4 N–H and O–H groups in total. The number of carboxylic acid groups (broad SMARTS) is 4. The summed E-state index contributed by atoms with van der Waals surface area (Å²) in [5.41, 5.74) is -8.37. The fourth-order valence-corrected chi connectivity index (χ4v) is 2.22. The van der Waals surface area contributed by atoms with Crippen LogP contribution in [0.15, 0.2) is 0 Å². The van der Waals surface area contributed by atoms with Crippen LogP contribution >= 0.6 is 0 Å². The SMILES string of the molecule is CC.COC(=O)c1c(C(=O)O)c(C(=O)O)c(C(=O)O)c(C(=O)O)c1C(=O)OC. The van der Waals surface area contributed by atoms with Gasteiger partial charge in [-0.3, -0.25) is 0 Å². The van der Waals surface area contributed by atoms with E-state index in [9.17, 15) is 49.2 Å². The van der Waals surface area contributed by atoms with Crippen molar-refractivity contribution >= 4 is 35.8 Å². The zero-order chi connectivity index (χ0) is 22.3. The van der Waals surface area contributed by atoms with Crippen LogP contribution in [0.5, 0.6) is 0 Å². The van der Waals surface area contributed by atoms with Crippen molar-refractivity contribution in [1.82, 2.24) is 0 Å². The largest absolute Gasteiger partial charge is 0.478 e. The Balaban J connectivity index is 0.00000352. The Morgan fingerprint density at radius 1 is 0.500 bits per heavy atom. The molecule has 0 aliphatic rings. The highest BCUT2D eigenvalue weighted by atomic mass is 16.5. The molecule has 0 amide bonds. The zero-order valence-electron chi connectivity index (χ0n) is 15.1. The lowest BCUT2D eigenvalue weighted by atomic mass is 9.86. The molecule has 12 heteroatoms. The zero-order valence-corrected chi connectivity index (χ0v) is 15.1. The number of methoxy groups -OCH3 is 2. The molecular weight excluding hydrogens is 384 g/mol. The summed E-state index contributed by atoms with van der Waals surface area (Å²) >= 11 is 0. The Morgan fingerprint density at radius 3 is 0.821 bits per heavy atom. The highest BCUT2D eigenvalue weighted by molar-refractivity contribution is 6.23. The van der Waals surface area contributed by atoms with Crippen molar-refractivity contribution in [2.75, 3.05) is 14.2 Å². The Labute approximate surface area is 156 Å². The number of hydrogen-bond donors (Lipinski definition) is 4. The van der Waals surface area contributed by atoms with Crippen LogP contribution < -0.4 is 0 Å². The third-order valence-electron chi connectivity index (χ3n) is 3.13. The van der Waals surface area contributed by atoms with Crippen molar-refractivity contribution in [2.45, 2.75) is 13.8 Å². The summed E-state index contributed by atoms with van der Waals surface area (Å²) < 4.78 is 8.58. The molecular formula is C16H16O12. The lowest BCUT2D eigenvalue weighted by Crippen LogP contribution is -2.28. The van der Waals surface area contributed by atoms with Gasteiger partial charge >= 0.3 is 35.8 Å². The molecule has 152 valence electrons. The van der Waals surface area contributed by atoms with Crippen molar-refractivity contribution in [3.05, 3.63) is 33.4 Å². The molecule has 28 heavy (non-hydrogen) atoms. The molecule has 0 saturated carbocycles. The summed E-state index contributed by atoms with van der Waals surface area (Å²) in [6, 6.07) is 0. The molecule has 0 unspecified atom stereocenters. The molecule has 1 aromatic rings. The number of ether oxygens (including phenoxy) is 2. The molecule has 0 fully saturated rings. The smallest absolute Gasteiger partial charge is 0.339 e. The van der Waals surface area contributed by atoms with Crippen molar-refractivity contribution in [2.24, 2.45) is 0 Å². The standard InChI is InChI=1S/C14H10O12.C2H6/c1-25-13(23)7-5(11(19)20)3(9(15)16)4(10(17)18)6(12(21)22)8(7)14(24)26-2;1-2/h1-2H3,(H,15,16)(H,17,18)(H,19,20)(H,21,22);1-2H3. The van der Waals surface area contributed by atoms with Crippen LogP contribution in [0.1, 0.15) is 76.0 Å². The first-order valence-corrected chi connectivity index (χ1v) is 7.34. The quantitative estimate of drug-likeness (QED) is 0.495. The predicted molar refractivity (Wildman–Crippen MR) is 88.3 cm³/mol. The van der Waals surface area contributed by atoms with Crippen LogP contribution in [0, 0.1) is 0 Å². The predicted octanol–water partition coefficient (Wildman–Crippen LogP) is 1.08. The molecule has 12 nitrogen and oxygen atoms in total. The molecule has 0 heterocycles. The van der Waals surface area contributed by atoms with Crippen LogP contribution in [0.2, 0.25) is 0 Å². The third kappa shape index (κ3) is 4.23. The molecule has 0 radical (unpaired) electrons.